The molecule has 1 heterocycles. The van der Waals surface area contributed by atoms with Crippen LogP contribution in [0.3, 0.4) is 0 Å². The van der Waals surface area contributed by atoms with Crippen molar-refractivity contribution >= 4 is 28.7 Å². The van der Waals surface area contributed by atoms with E-state index in [-0.39, 0.29) is 6.04 Å². The van der Waals surface area contributed by atoms with Crippen molar-refractivity contribution in [2.45, 2.75) is 13.0 Å². The molecule has 1 amide bonds. The van der Waals surface area contributed by atoms with Gasteiger partial charge in [-0.2, -0.15) is 0 Å². The smallest absolute Gasteiger partial charge is 0.277 e. The lowest BCUT2D eigenvalue weighted by atomic mass is 10.1. The summed E-state index contributed by atoms with van der Waals surface area (Å²) < 4.78 is 0. The predicted molar refractivity (Wildman–Crippen MR) is 61.8 cm³/mol. The van der Waals surface area contributed by atoms with Crippen LogP contribution in [-0.4, -0.2) is 11.4 Å². The van der Waals surface area contributed by atoms with Gasteiger partial charge in [0, 0.05) is 0 Å². The van der Waals surface area contributed by atoms with Crippen molar-refractivity contribution in [3.8, 4) is 0 Å². The Morgan fingerprint density at radius 1 is 1.47 bits per heavy atom. The van der Waals surface area contributed by atoms with Crippen LogP contribution in [0.1, 0.15) is 12.5 Å². The molecule has 0 saturated heterocycles. The van der Waals surface area contributed by atoms with Crippen LogP contribution in [0.2, 0.25) is 0 Å². The molecular weight excluding hydrogens is 212 g/mol. The topological polar surface area (TPSA) is 32.3 Å². The molecule has 4 heteroatoms. The first-order valence-electron chi connectivity index (χ1n) is 4.71. The van der Waals surface area contributed by atoms with Gasteiger partial charge in [-0.25, -0.2) is 0 Å². The molecule has 3 nitrogen and oxygen atoms in total. The normalized spacial score (nSPS) is 18.5. The highest BCUT2D eigenvalue weighted by molar-refractivity contribution is 6.63. The standard InChI is InChI=1S/C11H11ClN2O/c1-8-6-7-9-4-2-3-5-10(9)14(8)13-11(12)15/h2-8H,1H3,(H,13,15). The Morgan fingerprint density at radius 3 is 2.93 bits per heavy atom. The first-order chi connectivity index (χ1) is 7.18. The van der Waals surface area contributed by atoms with E-state index in [1.807, 2.05) is 43.3 Å². The molecule has 1 unspecified atom stereocenters. The summed E-state index contributed by atoms with van der Waals surface area (Å²) in [6, 6.07) is 7.92. The maximum absolute atomic E-state index is 10.9. The highest BCUT2D eigenvalue weighted by atomic mass is 35.5. The second-order valence-corrected chi connectivity index (χ2v) is 3.76. The second kappa shape index (κ2) is 3.95. The minimum atomic E-state index is -0.577. The van der Waals surface area contributed by atoms with E-state index in [2.05, 4.69) is 5.43 Å². The van der Waals surface area contributed by atoms with Crippen LogP contribution in [0, 0.1) is 0 Å². The van der Waals surface area contributed by atoms with E-state index in [4.69, 9.17) is 11.6 Å². The molecule has 0 aliphatic carbocycles. The second-order valence-electron chi connectivity index (χ2n) is 3.41. The lowest BCUT2D eigenvalue weighted by Crippen LogP contribution is -2.46. The summed E-state index contributed by atoms with van der Waals surface area (Å²) in [7, 11) is 0. The van der Waals surface area contributed by atoms with Gasteiger partial charge in [0.25, 0.3) is 0 Å². The van der Waals surface area contributed by atoms with E-state index >= 15 is 0 Å². The van der Waals surface area contributed by atoms with Gasteiger partial charge >= 0.3 is 5.37 Å². The fourth-order valence-corrected chi connectivity index (χ4v) is 1.74. The molecule has 78 valence electrons. The van der Waals surface area contributed by atoms with Crippen LogP contribution in [0.25, 0.3) is 6.08 Å². The number of carbonyl (C=O) groups excluding carboxylic acids is 1. The first kappa shape index (κ1) is 10.1. The fraction of sp³-hybridized carbons (Fsp3) is 0.182. The summed E-state index contributed by atoms with van der Waals surface area (Å²) in [6.45, 7) is 1.99. The highest BCUT2D eigenvalue weighted by Gasteiger charge is 2.19. The molecule has 0 fully saturated rings. The summed E-state index contributed by atoms with van der Waals surface area (Å²) in [5.74, 6) is 0. The Labute approximate surface area is 93.3 Å². The van der Waals surface area contributed by atoms with Gasteiger partial charge in [-0.05, 0) is 30.2 Å². The zero-order valence-electron chi connectivity index (χ0n) is 8.27. The predicted octanol–water partition coefficient (Wildman–Crippen LogP) is 2.77. The number of benzene rings is 1. The van der Waals surface area contributed by atoms with Gasteiger partial charge in [0.05, 0.1) is 11.7 Å². The first-order valence-corrected chi connectivity index (χ1v) is 5.09. The third-order valence-corrected chi connectivity index (χ3v) is 2.45. The Morgan fingerprint density at radius 2 is 2.20 bits per heavy atom. The maximum Gasteiger partial charge on any atom is 0.332 e. The van der Waals surface area contributed by atoms with Crippen molar-refractivity contribution in [1.82, 2.24) is 5.43 Å². The molecule has 0 aromatic heterocycles. The molecule has 0 spiro atoms. The van der Waals surface area contributed by atoms with Gasteiger partial charge in [-0.3, -0.25) is 15.2 Å². The molecule has 0 radical (unpaired) electrons. The van der Waals surface area contributed by atoms with Crippen molar-refractivity contribution in [3.05, 3.63) is 35.9 Å². The van der Waals surface area contributed by atoms with E-state index in [0.29, 0.717) is 0 Å². The zero-order chi connectivity index (χ0) is 10.8. The molecular formula is C11H11ClN2O. The maximum atomic E-state index is 10.9. The number of carbonyl (C=O) groups is 1. The number of anilines is 1. The third-order valence-electron chi connectivity index (χ3n) is 2.37. The Balaban J connectivity index is 2.38. The van der Waals surface area contributed by atoms with Gasteiger partial charge < -0.3 is 0 Å². The van der Waals surface area contributed by atoms with Crippen LogP contribution in [0.15, 0.2) is 30.3 Å². The fourth-order valence-electron chi connectivity index (χ4n) is 1.65. The molecule has 1 aromatic carbocycles. The zero-order valence-corrected chi connectivity index (χ0v) is 9.03. The minimum Gasteiger partial charge on any atom is -0.277 e. The van der Waals surface area contributed by atoms with Gasteiger partial charge in [-0.1, -0.05) is 30.4 Å². The van der Waals surface area contributed by atoms with Gasteiger partial charge in [0.15, 0.2) is 0 Å². The van der Waals surface area contributed by atoms with Crippen LogP contribution >= 0.6 is 11.6 Å². The van der Waals surface area contributed by atoms with E-state index in [1.54, 1.807) is 5.01 Å². The lowest BCUT2D eigenvalue weighted by Gasteiger charge is -2.32. The molecule has 0 saturated carbocycles. The minimum absolute atomic E-state index is 0.0996. The Bertz CT molecular complexity index is 417. The number of fused-ring (bicyclic) bond motifs is 1. The number of hydrogen-bond donors (Lipinski definition) is 1. The van der Waals surface area contributed by atoms with Crippen molar-refractivity contribution in [2.24, 2.45) is 0 Å². The summed E-state index contributed by atoms with van der Waals surface area (Å²) in [5.41, 5.74) is 4.63. The van der Waals surface area contributed by atoms with E-state index in [1.165, 1.54) is 0 Å². The summed E-state index contributed by atoms with van der Waals surface area (Å²) in [6.07, 6.45) is 4.05. The van der Waals surface area contributed by atoms with Crippen LogP contribution in [-0.2, 0) is 0 Å². The van der Waals surface area contributed by atoms with E-state index < -0.39 is 5.37 Å². The number of hydrogen-bond acceptors (Lipinski definition) is 2. The third kappa shape index (κ3) is 1.97. The number of amides is 1. The van der Waals surface area contributed by atoms with Crippen LogP contribution in [0.4, 0.5) is 10.5 Å². The highest BCUT2D eigenvalue weighted by Crippen LogP contribution is 2.26. The Kier molecular flexibility index (Phi) is 2.64. The quantitative estimate of drug-likeness (QED) is 0.586. The monoisotopic (exact) mass is 222 g/mol. The number of hydrazine groups is 1. The number of para-hydroxylation sites is 1. The van der Waals surface area contributed by atoms with Crippen molar-refractivity contribution in [3.63, 3.8) is 0 Å². The molecule has 1 aliphatic heterocycles. The molecule has 1 aliphatic rings. The van der Waals surface area contributed by atoms with Crippen molar-refractivity contribution in [2.75, 3.05) is 5.01 Å². The summed E-state index contributed by atoms with van der Waals surface area (Å²) in [5, 5.41) is 1.18. The largest absolute Gasteiger partial charge is 0.332 e. The molecule has 2 rings (SSSR count). The molecule has 1 aromatic rings. The SMILES string of the molecule is CC1C=Cc2ccccc2N1NC(=O)Cl. The van der Waals surface area contributed by atoms with Gasteiger partial charge in [0.1, 0.15) is 0 Å². The molecule has 1 atom stereocenters. The average Bonchev–Trinajstić information content (AvgIpc) is 2.22. The molecule has 15 heavy (non-hydrogen) atoms. The number of nitrogens with zero attached hydrogens (tertiary/aromatic N) is 1. The summed E-state index contributed by atoms with van der Waals surface area (Å²) >= 11 is 5.33. The van der Waals surface area contributed by atoms with Crippen molar-refractivity contribution < 1.29 is 4.79 Å². The number of rotatable bonds is 1. The lowest BCUT2D eigenvalue weighted by molar-refractivity contribution is 0.258. The van der Waals surface area contributed by atoms with Crippen LogP contribution < -0.4 is 10.4 Å². The summed E-state index contributed by atoms with van der Waals surface area (Å²) in [4.78, 5) is 10.9. The van der Waals surface area contributed by atoms with Crippen molar-refractivity contribution in [1.29, 1.82) is 0 Å². The average molecular weight is 223 g/mol. The Hall–Kier alpha value is -1.48. The number of halogens is 1. The molecule has 1 N–H and O–H groups in total. The van der Waals surface area contributed by atoms with Gasteiger partial charge in [-0.15, -0.1) is 0 Å². The number of nitrogens with one attached hydrogen (secondary N) is 1. The van der Waals surface area contributed by atoms with E-state index in [9.17, 15) is 4.79 Å². The van der Waals surface area contributed by atoms with Gasteiger partial charge in [0.2, 0.25) is 0 Å². The van der Waals surface area contributed by atoms with E-state index in [0.717, 1.165) is 11.3 Å². The molecule has 0 bridgehead atoms. The van der Waals surface area contributed by atoms with Crippen LogP contribution in [0.5, 0.6) is 0 Å².